The van der Waals surface area contributed by atoms with Gasteiger partial charge in [-0.05, 0) is 30.5 Å². The quantitative estimate of drug-likeness (QED) is 0.847. The number of halogens is 1. The number of hydrogen-bond acceptors (Lipinski definition) is 4. The lowest BCUT2D eigenvalue weighted by molar-refractivity contribution is -0.124. The maximum atomic E-state index is 11.8. The number of carbonyl (C=O) groups excluding carboxylic acids is 2. The first-order valence-electron chi connectivity index (χ1n) is 7.05. The molecule has 0 unspecified atom stereocenters. The molecule has 7 heteroatoms. The van der Waals surface area contributed by atoms with Gasteiger partial charge in [0.05, 0.1) is 5.60 Å². The van der Waals surface area contributed by atoms with Crippen molar-refractivity contribution >= 4 is 27.9 Å². The van der Waals surface area contributed by atoms with E-state index in [9.17, 15) is 14.7 Å². The van der Waals surface area contributed by atoms with Crippen molar-refractivity contribution in [1.82, 2.24) is 10.2 Å². The number of ether oxygens (including phenoxy) is 1. The number of rotatable bonds is 3. The first-order valence-corrected chi connectivity index (χ1v) is 7.84. The minimum absolute atomic E-state index is 0.289. The fraction of sp³-hybridized carbons (Fsp3) is 0.467. The van der Waals surface area contributed by atoms with Gasteiger partial charge in [-0.1, -0.05) is 28.1 Å². The Balaban J connectivity index is 1.90. The maximum Gasteiger partial charge on any atom is 0.410 e. The molecule has 2 rings (SSSR count). The Morgan fingerprint density at radius 3 is 2.45 bits per heavy atom. The van der Waals surface area contributed by atoms with Crippen molar-refractivity contribution in [1.29, 1.82) is 0 Å². The van der Waals surface area contributed by atoms with Gasteiger partial charge in [0.15, 0.2) is 6.61 Å². The molecule has 0 radical (unpaired) electrons. The van der Waals surface area contributed by atoms with Gasteiger partial charge in [0.1, 0.15) is 0 Å². The van der Waals surface area contributed by atoms with Crippen LogP contribution in [0, 0.1) is 0 Å². The molecule has 1 aliphatic heterocycles. The van der Waals surface area contributed by atoms with Gasteiger partial charge in [-0.2, -0.15) is 0 Å². The van der Waals surface area contributed by atoms with E-state index in [2.05, 4.69) is 21.2 Å². The van der Waals surface area contributed by atoms with Crippen LogP contribution in [-0.4, -0.2) is 48.8 Å². The number of aliphatic hydroxyl groups is 1. The molecule has 1 saturated heterocycles. The SMILES string of the molecule is CNC(=O)COC(=O)N1CCC(O)(c2ccc(Br)cc2)CC1. The number of nitrogens with one attached hydrogen (secondary N) is 1. The van der Waals surface area contributed by atoms with E-state index in [1.54, 1.807) is 0 Å². The van der Waals surface area contributed by atoms with Crippen LogP contribution in [0.1, 0.15) is 18.4 Å². The van der Waals surface area contributed by atoms with E-state index >= 15 is 0 Å². The molecule has 22 heavy (non-hydrogen) atoms. The normalized spacial score (nSPS) is 17.0. The summed E-state index contributed by atoms with van der Waals surface area (Å²) in [7, 11) is 1.48. The molecule has 0 saturated carbocycles. The van der Waals surface area contributed by atoms with Crippen molar-refractivity contribution in [2.24, 2.45) is 0 Å². The van der Waals surface area contributed by atoms with E-state index in [4.69, 9.17) is 4.74 Å². The zero-order valence-electron chi connectivity index (χ0n) is 12.3. The Bertz CT molecular complexity index is 539. The Morgan fingerprint density at radius 1 is 1.32 bits per heavy atom. The number of nitrogens with zero attached hydrogens (tertiary/aromatic N) is 1. The zero-order valence-corrected chi connectivity index (χ0v) is 13.9. The van der Waals surface area contributed by atoms with Crippen LogP contribution in [0.15, 0.2) is 28.7 Å². The summed E-state index contributed by atoms with van der Waals surface area (Å²) < 4.78 is 5.86. The minimum atomic E-state index is -0.932. The summed E-state index contributed by atoms with van der Waals surface area (Å²) >= 11 is 3.37. The Kier molecular flexibility index (Phi) is 5.42. The molecule has 0 atom stereocenters. The summed E-state index contributed by atoms with van der Waals surface area (Å²) in [6.45, 7) is 0.487. The molecular formula is C15H19BrN2O4. The molecule has 2 amide bonds. The first kappa shape index (κ1) is 16.8. The van der Waals surface area contributed by atoms with E-state index in [0.29, 0.717) is 25.9 Å². The summed E-state index contributed by atoms with van der Waals surface area (Å²) in [6.07, 6.45) is 0.342. The van der Waals surface area contributed by atoms with Gasteiger partial charge in [0, 0.05) is 24.6 Å². The molecule has 0 aliphatic carbocycles. The number of carbonyl (C=O) groups is 2. The van der Waals surface area contributed by atoms with E-state index < -0.39 is 11.7 Å². The summed E-state index contributed by atoms with van der Waals surface area (Å²) in [5.74, 6) is -0.350. The highest BCUT2D eigenvalue weighted by molar-refractivity contribution is 9.10. The monoisotopic (exact) mass is 370 g/mol. The number of likely N-dealkylation sites (N-methyl/N-ethyl adjacent to an activating group) is 1. The maximum absolute atomic E-state index is 11.8. The van der Waals surface area contributed by atoms with Gasteiger partial charge >= 0.3 is 6.09 Å². The second kappa shape index (κ2) is 7.11. The van der Waals surface area contributed by atoms with Crippen molar-refractivity contribution in [3.63, 3.8) is 0 Å². The topological polar surface area (TPSA) is 78.9 Å². The van der Waals surface area contributed by atoms with Crippen molar-refractivity contribution < 1.29 is 19.4 Å². The molecule has 1 fully saturated rings. The van der Waals surface area contributed by atoms with E-state index in [0.717, 1.165) is 10.0 Å². The van der Waals surface area contributed by atoms with Crippen LogP contribution in [0.25, 0.3) is 0 Å². The number of hydrogen-bond donors (Lipinski definition) is 2. The molecule has 120 valence electrons. The highest BCUT2D eigenvalue weighted by Gasteiger charge is 2.35. The van der Waals surface area contributed by atoms with Crippen LogP contribution < -0.4 is 5.32 Å². The zero-order chi connectivity index (χ0) is 16.2. The molecule has 0 spiro atoms. The van der Waals surface area contributed by atoms with Crippen molar-refractivity contribution in [3.05, 3.63) is 34.3 Å². The van der Waals surface area contributed by atoms with Gasteiger partial charge in [-0.3, -0.25) is 4.79 Å². The van der Waals surface area contributed by atoms with Gasteiger partial charge in [0.2, 0.25) is 0 Å². The molecule has 6 nitrogen and oxygen atoms in total. The second-order valence-corrected chi connectivity index (χ2v) is 6.17. The van der Waals surface area contributed by atoms with Gasteiger partial charge in [0.25, 0.3) is 5.91 Å². The van der Waals surface area contributed by atoms with E-state index in [-0.39, 0.29) is 12.5 Å². The van der Waals surface area contributed by atoms with Crippen LogP contribution in [0.4, 0.5) is 4.79 Å². The Labute approximate surface area is 137 Å². The standard InChI is InChI=1S/C15H19BrN2O4/c1-17-13(19)10-22-14(20)18-8-6-15(21,7-9-18)11-2-4-12(16)5-3-11/h2-5,21H,6-10H2,1H3,(H,17,19). The third kappa shape index (κ3) is 3.98. The first-order chi connectivity index (χ1) is 10.4. The van der Waals surface area contributed by atoms with Crippen LogP contribution in [0.2, 0.25) is 0 Å². The van der Waals surface area contributed by atoms with Gasteiger partial charge in [-0.25, -0.2) is 4.79 Å². The lowest BCUT2D eigenvalue weighted by atomic mass is 9.84. The summed E-state index contributed by atoms with van der Waals surface area (Å²) in [6, 6.07) is 7.53. The van der Waals surface area contributed by atoms with Crippen LogP contribution in [-0.2, 0) is 15.1 Å². The molecular weight excluding hydrogens is 352 g/mol. The molecule has 1 aromatic carbocycles. The molecule has 1 heterocycles. The summed E-state index contributed by atoms with van der Waals surface area (Å²) in [5.41, 5.74) is -0.0905. The highest BCUT2D eigenvalue weighted by atomic mass is 79.9. The van der Waals surface area contributed by atoms with E-state index in [1.165, 1.54) is 11.9 Å². The molecule has 0 aromatic heterocycles. The number of likely N-dealkylation sites (tertiary alicyclic amines) is 1. The smallest absolute Gasteiger partial charge is 0.410 e. The molecule has 0 bridgehead atoms. The van der Waals surface area contributed by atoms with Crippen LogP contribution >= 0.6 is 15.9 Å². The number of piperidine rings is 1. The van der Waals surface area contributed by atoms with Crippen molar-refractivity contribution in [3.8, 4) is 0 Å². The van der Waals surface area contributed by atoms with Crippen molar-refractivity contribution in [2.45, 2.75) is 18.4 Å². The average molecular weight is 371 g/mol. The third-order valence-electron chi connectivity index (χ3n) is 3.84. The predicted molar refractivity (Wildman–Crippen MR) is 84.3 cm³/mol. The van der Waals surface area contributed by atoms with Crippen molar-refractivity contribution in [2.75, 3.05) is 26.7 Å². The lowest BCUT2D eigenvalue weighted by Gasteiger charge is -2.38. The fourth-order valence-electron chi connectivity index (χ4n) is 2.40. The summed E-state index contributed by atoms with van der Waals surface area (Å²) in [5, 5.41) is 13.1. The predicted octanol–water partition coefficient (Wildman–Crippen LogP) is 1.62. The van der Waals surface area contributed by atoms with Gasteiger partial charge in [-0.15, -0.1) is 0 Å². The van der Waals surface area contributed by atoms with Crippen LogP contribution in [0.3, 0.4) is 0 Å². The van der Waals surface area contributed by atoms with E-state index in [1.807, 2.05) is 24.3 Å². The number of benzene rings is 1. The minimum Gasteiger partial charge on any atom is -0.439 e. The highest BCUT2D eigenvalue weighted by Crippen LogP contribution is 2.33. The molecule has 1 aromatic rings. The molecule has 1 aliphatic rings. The molecule has 2 N–H and O–H groups in total. The largest absolute Gasteiger partial charge is 0.439 e. The second-order valence-electron chi connectivity index (χ2n) is 5.25. The summed E-state index contributed by atoms with van der Waals surface area (Å²) in [4.78, 5) is 24.4. The fourth-order valence-corrected chi connectivity index (χ4v) is 2.66. The Morgan fingerprint density at radius 2 is 1.91 bits per heavy atom. The van der Waals surface area contributed by atoms with Gasteiger partial charge < -0.3 is 20.1 Å². The lowest BCUT2D eigenvalue weighted by Crippen LogP contribution is -2.45. The number of amides is 2. The van der Waals surface area contributed by atoms with Crippen LogP contribution in [0.5, 0.6) is 0 Å². The third-order valence-corrected chi connectivity index (χ3v) is 4.36. The Hall–Kier alpha value is -1.60. The average Bonchev–Trinajstić information content (AvgIpc) is 2.53.